The maximum Gasteiger partial charge on any atom is 0.0991 e. The van der Waals surface area contributed by atoms with Crippen molar-refractivity contribution in [3.63, 3.8) is 0 Å². The Morgan fingerprint density at radius 3 is 2.38 bits per heavy atom. The smallest absolute Gasteiger partial charge is 0.0991 e. The van der Waals surface area contributed by atoms with Crippen LogP contribution in [0.3, 0.4) is 0 Å². The highest BCUT2D eigenvalue weighted by atomic mass is 16.5. The van der Waals surface area contributed by atoms with E-state index >= 15 is 0 Å². The Morgan fingerprint density at radius 2 is 1.94 bits per heavy atom. The first-order chi connectivity index (χ1) is 7.52. The first-order valence-electron chi connectivity index (χ1n) is 5.83. The van der Waals surface area contributed by atoms with Gasteiger partial charge in [-0.05, 0) is 25.8 Å². The van der Waals surface area contributed by atoms with E-state index in [1.807, 2.05) is 25.3 Å². The van der Waals surface area contributed by atoms with E-state index in [1.165, 1.54) is 0 Å². The van der Waals surface area contributed by atoms with Crippen LogP contribution in [-0.4, -0.2) is 17.1 Å². The Morgan fingerprint density at radius 1 is 1.25 bits per heavy atom. The quantitative estimate of drug-likeness (QED) is 0.832. The van der Waals surface area contributed by atoms with E-state index in [2.05, 4.69) is 25.8 Å². The van der Waals surface area contributed by atoms with Crippen LogP contribution in [0.4, 0.5) is 0 Å². The monoisotopic (exact) mass is 222 g/mol. The molecular weight excluding hydrogens is 200 g/mol. The van der Waals surface area contributed by atoms with Gasteiger partial charge in [0, 0.05) is 24.0 Å². The summed E-state index contributed by atoms with van der Waals surface area (Å²) >= 11 is 0. The summed E-state index contributed by atoms with van der Waals surface area (Å²) in [7, 11) is 0. The fraction of sp³-hybridized carbons (Fsp3) is 0.615. The third-order valence-electron chi connectivity index (χ3n) is 2.79. The van der Waals surface area contributed by atoms with Crippen LogP contribution in [0.2, 0.25) is 0 Å². The van der Waals surface area contributed by atoms with Gasteiger partial charge in [0.1, 0.15) is 0 Å². The maximum atomic E-state index is 5.99. The standard InChI is InChI=1S/C13H22N2O/c1-9(2)11(4)16-13(10(3)14)12-6-5-7-15-8-12/h5-11,13H,14H2,1-4H3. The fourth-order valence-electron chi connectivity index (χ4n) is 1.44. The van der Waals surface area contributed by atoms with Gasteiger partial charge in [0.2, 0.25) is 0 Å². The zero-order valence-electron chi connectivity index (χ0n) is 10.6. The van der Waals surface area contributed by atoms with Crippen LogP contribution in [0, 0.1) is 5.92 Å². The highest BCUT2D eigenvalue weighted by molar-refractivity contribution is 5.13. The lowest BCUT2D eigenvalue weighted by Gasteiger charge is -2.27. The number of nitrogens with two attached hydrogens (primary N) is 1. The lowest BCUT2D eigenvalue weighted by Crippen LogP contribution is -2.31. The summed E-state index contributed by atoms with van der Waals surface area (Å²) in [5.74, 6) is 0.484. The summed E-state index contributed by atoms with van der Waals surface area (Å²) < 4.78 is 5.99. The molecule has 16 heavy (non-hydrogen) atoms. The Hall–Kier alpha value is -0.930. The van der Waals surface area contributed by atoms with Gasteiger partial charge in [-0.15, -0.1) is 0 Å². The Labute approximate surface area is 98.0 Å². The van der Waals surface area contributed by atoms with E-state index in [9.17, 15) is 0 Å². The van der Waals surface area contributed by atoms with Crippen molar-refractivity contribution in [2.45, 2.75) is 45.9 Å². The second kappa shape index (κ2) is 5.97. The van der Waals surface area contributed by atoms with Gasteiger partial charge >= 0.3 is 0 Å². The summed E-state index contributed by atoms with van der Waals surface area (Å²) in [6.45, 7) is 8.33. The molecular formula is C13H22N2O. The lowest BCUT2D eigenvalue weighted by atomic mass is 10.0. The molecule has 1 heterocycles. The van der Waals surface area contributed by atoms with Crippen molar-refractivity contribution in [1.82, 2.24) is 4.98 Å². The van der Waals surface area contributed by atoms with E-state index in [0.717, 1.165) is 5.56 Å². The van der Waals surface area contributed by atoms with Crippen LogP contribution in [0.1, 0.15) is 39.4 Å². The molecule has 0 radical (unpaired) electrons. The minimum absolute atomic E-state index is 0.0367. The Bertz CT molecular complexity index is 298. The Kier molecular flexibility index (Phi) is 4.90. The average Bonchev–Trinajstić information content (AvgIpc) is 2.26. The molecule has 0 spiro atoms. The topological polar surface area (TPSA) is 48.1 Å². The molecule has 0 fully saturated rings. The van der Waals surface area contributed by atoms with Crippen LogP contribution in [0.5, 0.6) is 0 Å². The molecule has 0 aromatic carbocycles. The van der Waals surface area contributed by atoms with Crippen molar-refractivity contribution < 1.29 is 4.74 Å². The zero-order chi connectivity index (χ0) is 12.1. The van der Waals surface area contributed by atoms with E-state index in [4.69, 9.17) is 10.5 Å². The molecule has 3 nitrogen and oxygen atoms in total. The second-order valence-electron chi connectivity index (χ2n) is 4.65. The molecule has 3 atom stereocenters. The summed E-state index contributed by atoms with van der Waals surface area (Å²) in [4.78, 5) is 4.10. The van der Waals surface area contributed by atoms with Crippen LogP contribution < -0.4 is 5.73 Å². The molecule has 2 N–H and O–H groups in total. The van der Waals surface area contributed by atoms with Crippen LogP contribution >= 0.6 is 0 Å². The number of ether oxygens (including phenoxy) is 1. The molecule has 0 bridgehead atoms. The van der Waals surface area contributed by atoms with Gasteiger partial charge in [-0.3, -0.25) is 4.98 Å². The van der Waals surface area contributed by atoms with Crippen molar-refractivity contribution in [2.75, 3.05) is 0 Å². The lowest BCUT2D eigenvalue weighted by molar-refractivity contribution is -0.0365. The molecule has 0 saturated carbocycles. The third kappa shape index (κ3) is 3.58. The molecule has 1 aromatic rings. The fourth-order valence-corrected chi connectivity index (χ4v) is 1.44. The van der Waals surface area contributed by atoms with Gasteiger partial charge < -0.3 is 10.5 Å². The molecule has 0 aliphatic carbocycles. The zero-order valence-corrected chi connectivity index (χ0v) is 10.6. The predicted molar refractivity (Wildman–Crippen MR) is 66.0 cm³/mol. The highest BCUT2D eigenvalue weighted by Gasteiger charge is 2.21. The molecule has 0 aliphatic heterocycles. The van der Waals surface area contributed by atoms with Gasteiger partial charge in [-0.2, -0.15) is 0 Å². The van der Waals surface area contributed by atoms with Gasteiger partial charge in [-0.25, -0.2) is 0 Å². The molecule has 3 heteroatoms. The molecule has 0 aliphatic rings. The van der Waals surface area contributed by atoms with E-state index in [1.54, 1.807) is 6.20 Å². The van der Waals surface area contributed by atoms with Crippen molar-refractivity contribution in [1.29, 1.82) is 0 Å². The molecule has 1 rings (SSSR count). The summed E-state index contributed by atoms with van der Waals surface area (Å²) in [6.07, 6.45) is 3.69. The first-order valence-corrected chi connectivity index (χ1v) is 5.83. The minimum Gasteiger partial charge on any atom is -0.369 e. The van der Waals surface area contributed by atoms with Gasteiger partial charge in [0.15, 0.2) is 0 Å². The number of rotatable bonds is 5. The largest absolute Gasteiger partial charge is 0.369 e. The summed E-state index contributed by atoms with van der Waals surface area (Å²) in [5, 5.41) is 0. The van der Waals surface area contributed by atoms with Crippen molar-refractivity contribution in [3.05, 3.63) is 30.1 Å². The highest BCUT2D eigenvalue weighted by Crippen LogP contribution is 2.23. The van der Waals surface area contributed by atoms with E-state index in [0.29, 0.717) is 5.92 Å². The van der Waals surface area contributed by atoms with Crippen molar-refractivity contribution in [2.24, 2.45) is 11.7 Å². The number of aromatic nitrogens is 1. The molecule has 1 aromatic heterocycles. The second-order valence-corrected chi connectivity index (χ2v) is 4.65. The normalized spacial score (nSPS) is 17.1. The van der Waals surface area contributed by atoms with Gasteiger partial charge in [0.25, 0.3) is 0 Å². The minimum atomic E-state index is -0.0777. The Balaban J connectivity index is 2.77. The molecule has 0 saturated heterocycles. The average molecular weight is 222 g/mol. The van der Waals surface area contributed by atoms with Gasteiger partial charge in [0.05, 0.1) is 12.2 Å². The first kappa shape index (κ1) is 13.1. The van der Waals surface area contributed by atoms with Crippen LogP contribution in [0.25, 0.3) is 0 Å². The van der Waals surface area contributed by atoms with Crippen LogP contribution in [0.15, 0.2) is 24.5 Å². The number of hydrogen-bond acceptors (Lipinski definition) is 3. The maximum absolute atomic E-state index is 5.99. The molecule has 3 unspecified atom stereocenters. The predicted octanol–water partition coefficient (Wildman–Crippen LogP) is 2.53. The number of nitrogens with zero attached hydrogens (tertiary/aromatic N) is 1. The number of pyridine rings is 1. The summed E-state index contributed by atoms with van der Waals surface area (Å²) in [5.41, 5.74) is 7.01. The SMILES string of the molecule is CC(C)C(C)OC(c1cccnc1)C(C)N. The summed E-state index contributed by atoms with van der Waals surface area (Å²) in [6, 6.07) is 3.88. The van der Waals surface area contributed by atoms with E-state index < -0.39 is 0 Å². The van der Waals surface area contributed by atoms with E-state index in [-0.39, 0.29) is 18.2 Å². The van der Waals surface area contributed by atoms with Crippen LogP contribution in [-0.2, 0) is 4.74 Å². The van der Waals surface area contributed by atoms with Crippen molar-refractivity contribution >= 4 is 0 Å². The van der Waals surface area contributed by atoms with Gasteiger partial charge in [-0.1, -0.05) is 19.9 Å². The molecule has 0 amide bonds. The molecule has 90 valence electrons. The van der Waals surface area contributed by atoms with Crippen molar-refractivity contribution in [3.8, 4) is 0 Å². The third-order valence-corrected chi connectivity index (χ3v) is 2.79. The number of hydrogen-bond donors (Lipinski definition) is 1.